The van der Waals surface area contributed by atoms with Crippen LogP contribution in [0.1, 0.15) is 37.8 Å². The van der Waals surface area contributed by atoms with Gasteiger partial charge in [0.05, 0.1) is 6.10 Å². The Bertz CT molecular complexity index is 325. The summed E-state index contributed by atoms with van der Waals surface area (Å²) >= 11 is 0. The summed E-state index contributed by atoms with van der Waals surface area (Å²) in [7, 11) is 0. The maximum atomic E-state index is 11.3. The number of hydrogen-bond acceptors (Lipinski definition) is 2. The molecule has 0 radical (unpaired) electrons. The van der Waals surface area contributed by atoms with E-state index in [1.165, 1.54) is 11.1 Å². The summed E-state index contributed by atoms with van der Waals surface area (Å²) in [5.41, 5.74) is 2.55. The smallest absolute Gasteiger partial charge is 0.306 e. The van der Waals surface area contributed by atoms with Crippen LogP contribution in [0, 0.1) is 6.92 Å². The monoisotopic (exact) mass is 220 g/mol. The van der Waals surface area contributed by atoms with E-state index in [2.05, 4.69) is 31.2 Å². The fourth-order valence-electron chi connectivity index (χ4n) is 1.51. The highest BCUT2D eigenvalue weighted by atomic mass is 16.5. The number of carbonyl (C=O) groups excluding carboxylic acids is 1. The van der Waals surface area contributed by atoms with Gasteiger partial charge in [0.2, 0.25) is 0 Å². The van der Waals surface area contributed by atoms with Crippen LogP contribution in [0.25, 0.3) is 0 Å². The Balaban J connectivity index is 2.25. The van der Waals surface area contributed by atoms with Crippen molar-refractivity contribution < 1.29 is 9.53 Å². The number of carbonyl (C=O) groups is 1. The Morgan fingerprint density at radius 2 is 1.88 bits per heavy atom. The number of esters is 1. The Morgan fingerprint density at radius 3 is 2.44 bits per heavy atom. The highest BCUT2D eigenvalue weighted by Gasteiger charge is 2.04. The third-order valence-corrected chi connectivity index (χ3v) is 2.33. The molecule has 0 bridgehead atoms. The zero-order valence-corrected chi connectivity index (χ0v) is 10.3. The molecule has 0 atom stereocenters. The molecule has 0 aromatic heterocycles. The predicted octanol–water partition coefficient (Wildman–Crippen LogP) is 3.27. The standard InChI is InChI=1S/C14H20O2/c1-11(2)16-14(15)6-4-5-13-9-7-12(3)8-10-13/h7-11H,4-6H2,1-3H3. The number of hydrogen-bond donors (Lipinski definition) is 0. The summed E-state index contributed by atoms with van der Waals surface area (Å²) < 4.78 is 5.07. The maximum absolute atomic E-state index is 11.3. The summed E-state index contributed by atoms with van der Waals surface area (Å²) in [5.74, 6) is -0.0953. The molecule has 0 unspecified atom stereocenters. The van der Waals surface area contributed by atoms with E-state index in [-0.39, 0.29) is 12.1 Å². The third-order valence-electron chi connectivity index (χ3n) is 2.33. The molecule has 1 rings (SSSR count). The van der Waals surface area contributed by atoms with Gasteiger partial charge in [0.1, 0.15) is 0 Å². The second-order valence-electron chi connectivity index (χ2n) is 4.38. The number of rotatable bonds is 5. The van der Waals surface area contributed by atoms with Crippen LogP contribution in [0.4, 0.5) is 0 Å². The fraction of sp³-hybridized carbons (Fsp3) is 0.500. The molecule has 0 heterocycles. The lowest BCUT2D eigenvalue weighted by atomic mass is 10.1. The normalized spacial score (nSPS) is 10.5. The Morgan fingerprint density at radius 1 is 1.25 bits per heavy atom. The predicted molar refractivity (Wildman–Crippen MR) is 65.3 cm³/mol. The molecule has 2 nitrogen and oxygen atoms in total. The van der Waals surface area contributed by atoms with Crippen molar-refractivity contribution in [3.05, 3.63) is 35.4 Å². The van der Waals surface area contributed by atoms with Crippen LogP contribution < -0.4 is 0 Å². The van der Waals surface area contributed by atoms with E-state index in [0.717, 1.165) is 12.8 Å². The van der Waals surface area contributed by atoms with Gasteiger partial charge in [-0.15, -0.1) is 0 Å². The average Bonchev–Trinajstić information content (AvgIpc) is 2.20. The summed E-state index contributed by atoms with van der Waals surface area (Å²) in [6, 6.07) is 8.43. The summed E-state index contributed by atoms with van der Waals surface area (Å²) in [6.07, 6.45) is 2.29. The summed E-state index contributed by atoms with van der Waals surface area (Å²) in [6.45, 7) is 5.82. The minimum atomic E-state index is -0.0953. The first-order valence-electron chi connectivity index (χ1n) is 5.83. The maximum Gasteiger partial charge on any atom is 0.306 e. The largest absolute Gasteiger partial charge is 0.463 e. The quantitative estimate of drug-likeness (QED) is 0.712. The molecule has 1 aromatic carbocycles. The van der Waals surface area contributed by atoms with Crippen LogP contribution in [0.2, 0.25) is 0 Å². The SMILES string of the molecule is Cc1ccc(CCCC(=O)OC(C)C)cc1. The highest BCUT2D eigenvalue weighted by molar-refractivity contribution is 5.69. The van der Waals surface area contributed by atoms with Crippen LogP contribution in [-0.4, -0.2) is 12.1 Å². The fourth-order valence-corrected chi connectivity index (χ4v) is 1.51. The van der Waals surface area contributed by atoms with Crippen LogP contribution >= 0.6 is 0 Å². The Kier molecular flexibility index (Phi) is 5.03. The molecule has 2 heteroatoms. The van der Waals surface area contributed by atoms with Gasteiger partial charge >= 0.3 is 5.97 Å². The van der Waals surface area contributed by atoms with Crippen molar-refractivity contribution >= 4 is 5.97 Å². The molecule has 0 aliphatic carbocycles. The molecule has 0 amide bonds. The number of benzene rings is 1. The molecule has 88 valence electrons. The molecule has 0 aliphatic rings. The molecule has 1 aromatic rings. The van der Waals surface area contributed by atoms with Gasteiger partial charge in [0.25, 0.3) is 0 Å². The molecular formula is C14H20O2. The minimum Gasteiger partial charge on any atom is -0.463 e. The van der Waals surface area contributed by atoms with Crippen LogP contribution in [-0.2, 0) is 16.0 Å². The van der Waals surface area contributed by atoms with Gasteiger partial charge in [-0.05, 0) is 39.2 Å². The van der Waals surface area contributed by atoms with E-state index in [0.29, 0.717) is 6.42 Å². The lowest BCUT2D eigenvalue weighted by molar-refractivity contribution is -0.147. The van der Waals surface area contributed by atoms with Gasteiger partial charge < -0.3 is 4.74 Å². The van der Waals surface area contributed by atoms with E-state index in [1.54, 1.807) is 0 Å². The van der Waals surface area contributed by atoms with Gasteiger partial charge in [-0.1, -0.05) is 29.8 Å². The molecule has 16 heavy (non-hydrogen) atoms. The van der Waals surface area contributed by atoms with E-state index in [1.807, 2.05) is 13.8 Å². The topological polar surface area (TPSA) is 26.3 Å². The van der Waals surface area contributed by atoms with E-state index >= 15 is 0 Å². The second kappa shape index (κ2) is 6.31. The summed E-state index contributed by atoms with van der Waals surface area (Å²) in [4.78, 5) is 11.3. The van der Waals surface area contributed by atoms with Crippen molar-refractivity contribution in [1.29, 1.82) is 0 Å². The first kappa shape index (κ1) is 12.8. The summed E-state index contributed by atoms with van der Waals surface area (Å²) in [5, 5.41) is 0. The molecule has 0 N–H and O–H groups in total. The lowest BCUT2D eigenvalue weighted by Crippen LogP contribution is -2.11. The highest BCUT2D eigenvalue weighted by Crippen LogP contribution is 2.08. The Hall–Kier alpha value is -1.31. The van der Waals surface area contributed by atoms with E-state index in [4.69, 9.17) is 4.74 Å². The van der Waals surface area contributed by atoms with Gasteiger partial charge in [0, 0.05) is 6.42 Å². The molecule has 0 saturated heterocycles. The van der Waals surface area contributed by atoms with E-state index < -0.39 is 0 Å². The average molecular weight is 220 g/mol. The van der Waals surface area contributed by atoms with Crippen molar-refractivity contribution in [2.24, 2.45) is 0 Å². The second-order valence-corrected chi connectivity index (χ2v) is 4.38. The third kappa shape index (κ3) is 4.96. The van der Waals surface area contributed by atoms with E-state index in [9.17, 15) is 4.79 Å². The first-order valence-corrected chi connectivity index (χ1v) is 5.83. The zero-order valence-electron chi connectivity index (χ0n) is 10.3. The molecular weight excluding hydrogens is 200 g/mol. The van der Waals surface area contributed by atoms with Crippen LogP contribution in [0.5, 0.6) is 0 Å². The van der Waals surface area contributed by atoms with Crippen molar-refractivity contribution in [3.8, 4) is 0 Å². The molecule has 0 saturated carbocycles. The minimum absolute atomic E-state index is 0.00752. The number of ether oxygens (including phenoxy) is 1. The van der Waals surface area contributed by atoms with Gasteiger partial charge in [0.15, 0.2) is 0 Å². The van der Waals surface area contributed by atoms with Crippen molar-refractivity contribution in [2.75, 3.05) is 0 Å². The van der Waals surface area contributed by atoms with Crippen LogP contribution in [0.15, 0.2) is 24.3 Å². The Labute approximate surface area is 97.6 Å². The van der Waals surface area contributed by atoms with Crippen molar-refractivity contribution in [1.82, 2.24) is 0 Å². The zero-order chi connectivity index (χ0) is 12.0. The van der Waals surface area contributed by atoms with Crippen LogP contribution in [0.3, 0.4) is 0 Å². The molecule has 0 aliphatic heterocycles. The van der Waals surface area contributed by atoms with Gasteiger partial charge in [-0.25, -0.2) is 0 Å². The lowest BCUT2D eigenvalue weighted by Gasteiger charge is -2.07. The van der Waals surface area contributed by atoms with Gasteiger partial charge in [-0.3, -0.25) is 4.79 Å². The molecule has 0 spiro atoms. The number of aryl methyl sites for hydroxylation is 2. The van der Waals surface area contributed by atoms with Gasteiger partial charge in [-0.2, -0.15) is 0 Å². The van der Waals surface area contributed by atoms with Crippen molar-refractivity contribution in [2.45, 2.75) is 46.1 Å². The first-order chi connectivity index (χ1) is 7.58. The van der Waals surface area contributed by atoms with Crippen molar-refractivity contribution in [3.63, 3.8) is 0 Å². The molecule has 0 fully saturated rings.